The van der Waals surface area contributed by atoms with Crippen molar-refractivity contribution in [1.82, 2.24) is 10.2 Å². The molecule has 90 valence electrons. The Morgan fingerprint density at radius 2 is 2.25 bits per heavy atom. The Balaban J connectivity index is 2.42. The molecule has 0 unspecified atom stereocenters. The summed E-state index contributed by atoms with van der Waals surface area (Å²) in [5.74, 6) is 1.02. The normalized spacial score (nSPS) is 10.8. The summed E-state index contributed by atoms with van der Waals surface area (Å²) in [5.41, 5.74) is 0. The van der Waals surface area contributed by atoms with Gasteiger partial charge < -0.3 is 5.32 Å². The first-order valence-electron chi connectivity index (χ1n) is 5.40. The standard InChI is InChI=1S/C10H17N3OS2/c1-4-5-6-15-10-13-12-9(16-10)11-8(14)7(2)3/h7H,4-6H2,1-3H3,(H,11,12,14). The molecule has 0 aromatic carbocycles. The molecule has 0 fully saturated rings. The zero-order valence-electron chi connectivity index (χ0n) is 9.82. The maximum Gasteiger partial charge on any atom is 0.228 e. The number of hydrogen-bond donors (Lipinski definition) is 1. The van der Waals surface area contributed by atoms with Crippen molar-refractivity contribution in [3.63, 3.8) is 0 Å². The molecule has 16 heavy (non-hydrogen) atoms. The summed E-state index contributed by atoms with van der Waals surface area (Å²) in [6.07, 6.45) is 2.36. The number of nitrogens with zero attached hydrogens (tertiary/aromatic N) is 2. The van der Waals surface area contributed by atoms with Gasteiger partial charge in [-0.25, -0.2) is 0 Å². The Morgan fingerprint density at radius 1 is 1.50 bits per heavy atom. The molecule has 1 aromatic heterocycles. The molecule has 1 N–H and O–H groups in total. The van der Waals surface area contributed by atoms with Crippen LogP contribution >= 0.6 is 23.1 Å². The Labute approximate surface area is 104 Å². The van der Waals surface area contributed by atoms with E-state index in [0.717, 1.165) is 10.1 Å². The maximum absolute atomic E-state index is 11.4. The van der Waals surface area contributed by atoms with Crippen LogP contribution in [0.25, 0.3) is 0 Å². The monoisotopic (exact) mass is 259 g/mol. The molecule has 4 nitrogen and oxygen atoms in total. The lowest BCUT2D eigenvalue weighted by Gasteiger charge is -2.02. The fraction of sp³-hybridized carbons (Fsp3) is 0.700. The van der Waals surface area contributed by atoms with Crippen LogP contribution in [-0.2, 0) is 4.79 Å². The molecule has 1 amide bonds. The highest BCUT2D eigenvalue weighted by atomic mass is 32.2. The lowest BCUT2D eigenvalue weighted by molar-refractivity contribution is -0.118. The van der Waals surface area contributed by atoms with Crippen molar-refractivity contribution in [2.24, 2.45) is 5.92 Å². The number of hydrogen-bond acceptors (Lipinski definition) is 5. The number of unbranched alkanes of at least 4 members (excludes halogenated alkanes) is 1. The van der Waals surface area contributed by atoms with Crippen LogP contribution in [0.2, 0.25) is 0 Å². The highest BCUT2D eigenvalue weighted by Gasteiger charge is 2.10. The van der Waals surface area contributed by atoms with Gasteiger partial charge in [0.1, 0.15) is 0 Å². The van der Waals surface area contributed by atoms with Crippen molar-refractivity contribution in [2.45, 2.75) is 38.0 Å². The molecule has 0 aliphatic rings. The second-order valence-corrected chi connectivity index (χ2v) is 6.04. The van der Waals surface area contributed by atoms with E-state index in [1.54, 1.807) is 11.8 Å². The number of amides is 1. The van der Waals surface area contributed by atoms with Gasteiger partial charge in [-0.1, -0.05) is 50.3 Å². The summed E-state index contributed by atoms with van der Waals surface area (Å²) in [5, 5.41) is 11.3. The Morgan fingerprint density at radius 3 is 2.88 bits per heavy atom. The first-order valence-corrected chi connectivity index (χ1v) is 7.20. The van der Waals surface area contributed by atoms with Crippen LogP contribution in [0.5, 0.6) is 0 Å². The van der Waals surface area contributed by atoms with E-state index in [2.05, 4.69) is 22.4 Å². The maximum atomic E-state index is 11.4. The summed E-state index contributed by atoms with van der Waals surface area (Å²) in [6.45, 7) is 5.87. The quantitative estimate of drug-likeness (QED) is 0.485. The number of nitrogens with one attached hydrogen (secondary N) is 1. The average Bonchev–Trinajstić information content (AvgIpc) is 2.66. The van der Waals surface area contributed by atoms with Crippen molar-refractivity contribution in [3.05, 3.63) is 0 Å². The lowest BCUT2D eigenvalue weighted by Crippen LogP contribution is -2.17. The lowest BCUT2D eigenvalue weighted by atomic mass is 10.2. The second kappa shape index (κ2) is 6.85. The van der Waals surface area contributed by atoms with Crippen LogP contribution in [0.15, 0.2) is 4.34 Å². The Bertz CT molecular complexity index is 339. The van der Waals surface area contributed by atoms with Gasteiger partial charge >= 0.3 is 0 Å². The van der Waals surface area contributed by atoms with Gasteiger partial charge in [0.05, 0.1) is 0 Å². The molecule has 0 saturated heterocycles. The summed E-state index contributed by atoms with van der Waals surface area (Å²) in [6, 6.07) is 0. The van der Waals surface area contributed by atoms with Gasteiger partial charge in [-0.15, -0.1) is 10.2 Å². The highest BCUT2D eigenvalue weighted by molar-refractivity contribution is 8.01. The molecule has 0 spiro atoms. The Kier molecular flexibility index (Phi) is 5.76. The van der Waals surface area contributed by atoms with Gasteiger partial charge in [-0.3, -0.25) is 4.79 Å². The summed E-state index contributed by atoms with van der Waals surface area (Å²) in [7, 11) is 0. The number of carbonyl (C=O) groups excluding carboxylic acids is 1. The molecule has 6 heteroatoms. The van der Waals surface area contributed by atoms with E-state index < -0.39 is 0 Å². The molecule has 1 rings (SSSR count). The summed E-state index contributed by atoms with van der Waals surface area (Å²) in [4.78, 5) is 11.4. The molecule has 0 radical (unpaired) electrons. The smallest absolute Gasteiger partial charge is 0.228 e. The van der Waals surface area contributed by atoms with Crippen LogP contribution < -0.4 is 5.32 Å². The number of carbonyl (C=O) groups is 1. The van der Waals surface area contributed by atoms with Gasteiger partial charge in [0.15, 0.2) is 4.34 Å². The minimum Gasteiger partial charge on any atom is -0.300 e. The predicted molar refractivity (Wildman–Crippen MR) is 69.0 cm³/mol. The van der Waals surface area contributed by atoms with E-state index in [1.165, 1.54) is 24.2 Å². The fourth-order valence-electron chi connectivity index (χ4n) is 0.872. The number of rotatable bonds is 6. The largest absolute Gasteiger partial charge is 0.300 e. The van der Waals surface area contributed by atoms with E-state index in [9.17, 15) is 4.79 Å². The average molecular weight is 259 g/mol. The summed E-state index contributed by atoms with van der Waals surface area (Å²) < 4.78 is 0.924. The van der Waals surface area contributed by atoms with Crippen molar-refractivity contribution in [1.29, 1.82) is 0 Å². The molecular weight excluding hydrogens is 242 g/mol. The van der Waals surface area contributed by atoms with Gasteiger partial charge in [0.2, 0.25) is 11.0 Å². The van der Waals surface area contributed by atoms with Gasteiger partial charge in [0, 0.05) is 11.7 Å². The van der Waals surface area contributed by atoms with Crippen molar-refractivity contribution < 1.29 is 4.79 Å². The molecule has 1 heterocycles. The molecule has 0 saturated carbocycles. The molecule has 0 bridgehead atoms. The van der Waals surface area contributed by atoms with E-state index in [-0.39, 0.29) is 11.8 Å². The van der Waals surface area contributed by atoms with Gasteiger partial charge in [-0.05, 0) is 6.42 Å². The minimum atomic E-state index is -0.0277. The third kappa shape index (κ3) is 4.49. The highest BCUT2D eigenvalue weighted by Crippen LogP contribution is 2.26. The predicted octanol–water partition coefficient (Wildman–Crippen LogP) is 3.02. The van der Waals surface area contributed by atoms with Crippen LogP contribution in [0.3, 0.4) is 0 Å². The molecule has 1 aromatic rings. The number of thioether (sulfide) groups is 1. The first-order chi connectivity index (χ1) is 7.63. The fourth-order valence-corrected chi connectivity index (χ4v) is 2.78. The zero-order valence-corrected chi connectivity index (χ0v) is 11.5. The SMILES string of the molecule is CCCCSc1nnc(NC(=O)C(C)C)s1. The number of aromatic nitrogens is 2. The molecule has 0 aliphatic heterocycles. The van der Waals surface area contributed by atoms with Crippen molar-refractivity contribution >= 4 is 34.1 Å². The molecular formula is C10H17N3OS2. The van der Waals surface area contributed by atoms with Crippen LogP contribution in [0.4, 0.5) is 5.13 Å². The van der Waals surface area contributed by atoms with Crippen molar-refractivity contribution in [3.8, 4) is 0 Å². The van der Waals surface area contributed by atoms with Crippen molar-refractivity contribution in [2.75, 3.05) is 11.1 Å². The Hall–Kier alpha value is -0.620. The first kappa shape index (κ1) is 13.4. The number of anilines is 1. The van der Waals surface area contributed by atoms with E-state index in [4.69, 9.17) is 0 Å². The third-order valence-corrected chi connectivity index (χ3v) is 3.94. The third-order valence-electron chi connectivity index (χ3n) is 1.88. The topological polar surface area (TPSA) is 54.9 Å². The van der Waals surface area contributed by atoms with E-state index >= 15 is 0 Å². The van der Waals surface area contributed by atoms with E-state index in [1.807, 2.05) is 13.8 Å². The molecule has 0 atom stereocenters. The van der Waals surface area contributed by atoms with Crippen LogP contribution in [0.1, 0.15) is 33.6 Å². The second-order valence-electron chi connectivity index (χ2n) is 3.72. The summed E-state index contributed by atoms with van der Waals surface area (Å²) >= 11 is 3.13. The van der Waals surface area contributed by atoms with Crippen LogP contribution in [-0.4, -0.2) is 21.9 Å². The molecule has 0 aliphatic carbocycles. The zero-order chi connectivity index (χ0) is 12.0. The van der Waals surface area contributed by atoms with Gasteiger partial charge in [0.25, 0.3) is 0 Å². The minimum absolute atomic E-state index is 0.0127. The van der Waals surface area contributed by atoms with E-state index in [0.29, 0.717) is 5.13 Å². The van der Waals surface area contributed by atoms with Crippen LogP contribution in [0, 0.1) is 5.92 Å². The van der Waals surface area contributed by atoms with Gasteiger partial charge in [-0.2, -0.15) is 0 Å².